The number of alkyl halides is 1. The van der Waals surface area contributed by atoms with Crippen LogP contribution in [-0.2, 0) is 4.74 Å². The lowest BCUT2D eigenvalue weighted by atomic mass is 10.2. The number of rotatable bonds is 3. The van der Waals surface area contributed by atoms with E-state index in [9.17, 15) is 9.90 Å². The monoisotopic (exact) mass is 273 g/mol. The molecular weight excluding hydrogens is 260 g/mol. The van der Waals surface area contributed by atoms with E-state index in [1.54, 1.807) is 22.9 Å². The summed E-state index contributed by atoms with van der Waals surface area (Å²) in [6, 6.07) is 3.20. The van der Waals surface area contributed by atoms with E-state index in [-0.39, 0.29) is 6.61 Å². The van der Waals surface area contributed by atoms with Gasteiger partial charge in [-0.1, -0.05) is 0 Å². The number of nitrogens with two attached hydrogens (primary N) is 1. The van der Waals surface area contributed by atoms with Gasteiger partial charge in [0.25, 0.3) is 12.1 Å². The van der Waals surface area contributed by atoms with Gasteiger partial charge in [0.05, 0.1) is 6.61 Å². The molecule has 0 aromatic carbocycles. The molecule has 18 heavy (non-hydrogen) atoms. The summed E-state index contributed by atoms with van der Waals surface area (Å²) < 4.78 is 6.99. The Labute approximate surface area is 109 Å². The number of carbonyl (C=O) groups excluding carboxylic acids is 1. The standard InChI is InChI=1S/C11H13ClN2O4/c12-8-9(16)7(5-15)18-11(8)14-3-1-2-6(4-14)10(13)17/h1-4,7-9,11,15-16H,5H2,(H-,13,17)/p+1/t7-,8+,9-,11-/m1/s1. The first-order valence-corrected chi connectivity index (χ1v) is 5.87. The van der Waals surface area contributed by atoms with Crippen LogP contribution in [-0.4, -0.2) is 40.3 Å². The fourth-order valence-corrected chi connectivity index (χ4v) is 2.24. The number of aliphatic hydroxyl groups is 2. The van der Waals surface area contributed by atoms with Crippen molar-refractivity contribution in [3.63, 3.8) is 0 Å². The third-order valence-corrected chi connectivity index (χ3v) is 3.35. The van der Waals surface area contributed by atoms with Crippen molar-refractivity contribution in [3.05, 3.63) is 30.1 Å². The zero-order chi connectivity index (χ0) is 13.3. The molecule has 4 atom stereocenters. The fourth-order valence-electron chi connectivity index (χ4n) is 1.89. The highest BCUT2D eigenvalue weighted by Gasteiger charge is 2.47. The fraction of sp³-hybridized carbons (Fsp3) is 0.455. The van der Waals surface area contributed by atoms with Crippen LogP contribution in [0.1, 0.15) is 16.6 Å². The van der Waals surface area contributed by atoms with Crippen LogP contribution in [0.25, 0.3) is 0 Å². The van der Waals surface area contributed by atoms with Gasteiger partial charge in [-0.3, -0.25) is 4.79 Å². The van der Waals surface area contributed by atoms with Crippen LogP contribution in [0, 0.1) is 0 Å². The molecule has 0 aliphatic carbocycles. The smallest absolute Gasteiger partial charge is 0.282 e. The lowest BCUT2D eigenvalue weighted by Crippen LogP contribution is -2.44. The first-order valence-electron chi connectivity index (χ1n) is 5.43. The molecule has 7 heteroatoms. The summed E-state index contributed by atoms with van der Waals surface area (Å²) in [7, 11) is 0. The van der Waals surface area contributed by atoms with Crippen LogP contribution in [0.4, 0.5) is 0 Å². The van der Waals surface area contributed by atoms with Crippen LogP contribution < -0.4 is 10.3 Å². The molecule has 6 nitrogen and oxygen atoms in total. The van der Waals surface area contributed by atoms with E-state index in [2.05, 4.69) is 0 Å². The van der Waals surface area contributed by atoms with Gasteiger partial charge in [0.2, 0.25) is 0 Å². The van der Waals surface area contributed by atoms with E-state index in [0.29, 0.717) is 5.56 Å². The number of aromatic nitrogens is 1. The quantitative estimate of drug-likeness (QED) is 0.483. The van der Waals surface area contributed by atoms with Crippen LogP contribution in [0.2, 0.25) is 0 Å². The molecule has 1 aliphatic rings. The zero-order valence-electron chi connectivity index (χ0n) is 9.44. The molecule has 0 saturated carbocycles. The molecule has 1 amide bonds. The molecule has 98 valence electrons. The van der Waals surface area contributed by atoms with Crippen molar-refractivity contribution in [3.8, 4) is 0 Å². The molecule has 1 aromatic rings. The minimum Gasteiger partial charge on any atom is -0.394 e. The normalized spacial score (nSPS) is 31.5. The second-order valence-electron chi connectivity index (χ2n) is 4.09. The van der Waals surface area contributed by atoms with E-state index in [1.807, 2.05) is 0 Å². The lowest BCUT2D eigenvalue weighted by molar-refractivity contribution is -0.758. The minimum absolute atomic E-state index is 0.312. The molecule has 0 spiro atoms. The summed E-state index contributed by atoms with van der Waals surface area (Å²) in [5.74, 6) is -0.562. The Morgan fingerprint density at radius 1 is 1.61 bits per heavy atom. The summed E-state index contributed by atoms with van der Waals surface area (Å²) in [6.07, 6.45) is 0.792. The molecule has 2 heterocycles. The van der Waals surface area contributed by atoms with Gasteiger partial charge in [-0.2, -0.15) is 4.57 Å². The van der Waals surface area contributed by atoms with Gasteiger partial charge < -0.3 is 20.7 Å². The predicted octanol–water partition coefficient (Wildman–Crippen LogP) is -1.07. The number of halogens is 1. The first-order chi connectivity index (χ1) is 8.54. The SMILES string of the molecule is NC(=O)c1ccc[n+]([C@@H]2O[C@H](CO)[C@@H](O)[C@@H]2Cl)c1. The van der Waals surface area contributed by atoms with Gasteiger partial charge in [-0.05, 0) is 6.07 Å². The van der Waals surface area contributed by atoms with E-state index >= 15 is 0 Å². The molecule has 1 saturated heterocycles. The third kappa shape index (κ3) is 2.32. The number of nitrogens with zero attached hydrogens (tertiary/aromatic N) is 1. The van der Waals surface area contributed by atoms with Crippen molar-refractivity contribution in [2.45, 2.75) is 23.8 Å². The van der Waals surface area contributed by atoms with E-state index < -0.39 is 29.7 Å². The second kappa shape index (κ2) is 5.19. The Hall–Kier alpha value is -1.21. The maximum absolute atomic E-state index is 11.1. The van der Waals surface area contributed by atoms with Crippen molar-refractivity contribution in [1.29, 1.82) is 0 Å². The van der Waals surface area contributed by atoms with E-state index in [1.165, 1.54) is 6.20 Å². The number of aliphatic hydroxyl groups excluding tert-OH is 2. The highest BCUT2D eigenvalue weighted by atomic mass is 35.5. The molecule has 2 rings (SSSR count). The summed E-state index contributed by atoms with van der Waals surface area (Å²) in [5, 5.41) is 18.1. The Morgan fingerprint density at radius 2 is 2.33 bits per heavy atom. The Balaban J connectivity index is 2.27. The minimum atomic E-state index is -0.966. The van der Waals surface area contributed by atoms with Crippen LogP contribution in [0.5, 0.6) is 0 Å². The van der Waals surface area contributed by atoms with Crippen LogP contribution in [0.3, 0.4) is 0 Å². The molecule has 0 bridgehead atoms. The highest BCUT2D eigenvalue weighted by molar-refractivity contribution is 6.21. The van der Waals surface area contributed by atoms with Crippen molar-refractivity contribution in [2.75, 3.05) is 6.61 Å². The zero-order valence-corrected chi connectivity index (χ0v) is 10.2. The number of hydrogen-bond donors (Lipinski definition) is 3. The van der Waals surface area contributed by atoms with E-state index in [4.69, 9.17) is 27.2 Å². The number of carbonyl (C=O) groups is 1. The molecule has 0 radical (unpaired) electrons. The van der Waals surface area contributed by atoms with Crippen molar-refractivity contribution in [1.82, 2.24) is 0 Å². The molecule has 1 aromatic heterocycles. The van der Waals surface area contributed by atoms with Gasteiger partial charge in [0, 0.05) is 6.07 Å². The molecule has 4 N–H and O–H groups in total. The average Bonchev–Trinajstić information content (AvgIpc) is 2.66. The lowest BCUT2D eigenvalue weighted by Gasteiger charge is -2.09. The van der Waals surface area contributed by atoms with Gasteiger partial charge >= 0.3 is 0 Å². The number of hydrogen-bond acceptors (Lipinski definition) is 4. The molecule has 1 aliphatic heterocycles. The summed E-state index contributed by atoms with van der Waals surface area (Å²) >= 11 is 6.05. The number of primary amides is 1. The average molecular weight is 274 g/mol. The predicted molar refractivity (Wildman–Crippen MR) is 61.8 cm³/mol. The number of pyridine rings is 1. The topological polar surface area (TPSA) is 96.7 Å². The Bertz CT molecular complexity index is 456. The van der Waals surface area contributed by atoms with Gasteiger partial charge in [0.1, 0.15) is 17.8 Å². The molecule has 0 unspecified atom stereocenters. The van der Waals surface area contributed by atoms with Crippen molar-refractivity contribution < 1.29 is 24.3 Å². The maximum atomic E-state index is 11.1. The first kappa shape index (κ1) is 13.2. The number of amides is 1. The van der Waals surface area contributed by atoms with Crippen molar-refractivity contribution >= 4 is 17.5 Å². The molecular formula is C11H14ClN2O4+. The Morgan fingerprint density at radius 3 is 2.89 bits per heavy atom. The van der Waals surface area contributed by atoms with Crippen LogP contribution >= 0.6 is 11.6 Å². The van der Waals surface area contributed by atoms with E-state index in [0.717, 1.165) is 0 Å². The third-order valence-electron chi connectivity index (χ3n) is 2.87. The Kier molecular flexibility index (Phi) is 3.82. The van der Waals surface area contributed by atoms with Crippen molar-refractivity contribution in [2.24, 2.45) is 5.73 Å². The summed E-state index contributed by atoms with van der Waals surface area (Å²) in [4.78, 5) is 11.1. The largest absolute Gasteiger partial charge is 0.394 e. The maximum Gasteiger partial charge on any atom is 0.282 e. The number of ether oxygens (including phenoxy) is 1. The molecule has 1 fully saturated rings. The highest BCUT2D eigenvalue weighted by Crippen LogP contribution is 2.29. The van der Waals surface area contributed by atoms with Gasteiger partial charge in [-0.25, -0.2) is 0 Å². The van der Waals surface area contributed by atoms with Gasteiger partial charge in [0.15, 0.2) is 17.8 Å². The van der Waals surface area contributed by atoms with Gasteiger partial charge in [-0.15, -0.1) is 11.6 Å². The second-order valence-corrected chi connectivity index (χ2v) is 4.59. The summed E-state index contributed by atoms with van der Waals surface area (Å²) in [6.45, 7) is -0.322. The summed E-state index contributed by atoms with van der Waals surface area (Å²) in [5.41, 5.74) is 5.49. The van der Waals surface area contributed by atoms with Crippen LogP contribution in [0.15, 0.2) is 24.5 Å².